The Hall–Kier alpha value is -1.55. The van der Waals surface area contributed by atoms with Crippen molar-refractivity contribution in [2.75, 3.05) is 18.5 Å². The Morgan fingerprint density at radius 3 is 2.74 bits per heavy atom. The van der Waals surface area contributed by atoms with Crippen LogP contribution in [0.1, 0.15) is 31.7 Å². The molecule has 0 unspecified atom stereocenters. The molecule has 1 aliphatic carbocycles. The van der Waals surface area contributed by atoms with Crippen LogP contribution in [0.25, 0.3) is 0 Å². The fraction of sp³-hybridized carbons (Fsp3) is 0.533. The van der Waals surface area contributed by atoms with E-state index in [-0.39, 0.29) is 11.3 Å². The quantitative estimate of drug-likeness (QED) is 0.856. The summed E-state index contributed by atoms with van der Waals surface area (Å²) in [7, 11) is 0. The van der Waals surface area contributed by atoms with Gasteiger partial charge in [-0.3, -0.25) is 4.79 Å². The highest BCUT2D eigenvalue weighted by Crippen LogP contribution is 2.41. The number of ether oxygens (including phenoxy) is 1. The van der Waals surface area contributed by atoms with E-state index in [1.165, 1.54) is 0 Å². The van der Waals surface area contributed by atoms with E-state index in [4.69, 9.17) is 10.5 Å². The van der Waals surface area contributed by atoms with Crippen LogP contribution in [-0.4, -0.2) is 19.1 Å². The lowest BCUT2D eigenvalue weighted by Crippen LogP contribution is -2.47. The van der Waals surface area contributed by atoms with E-state index in [9.17, 15) is 4.79 Å². The van der Waals surface area contributed by atoms with Crippen molar-refractivity contribution in [1.82, 2.24) is 0 Å². The summed E-state index contributed by atoms with van der Waals surface area (Å²) >= 11 is 0. The molecule has 0 atom stereocenters. The Morgan fingerprint density at radius 1 is 1.47 bits per heavy atom. The largest absolute Gasteiger partial charge is 0.492 e. The first-order valence-corrected chi connectivity index (χ1v) is 6.86. The van der Waals surface area contributed by atoms with Crippen LogP contribution in [0.4, 0.5) is 5.69 Å². The van der Waals surface area contributed by atoms with E-state index in [1.807, 2.05) is 32.0 Å². The van der Waals surface area contributed by atoms with E-state index in [0.717, 1.165) is 36.3 Å². The Labute approximate surface area is 114 Å². The van der Waals surface area contributed by atoms with Crippen LogP contribution in [0.2, 0.25) is 0 Å². The number of nitrogens with one attached hydrogen (secondary N) is 1. The number of amides is 1. The third-order valence-electron chi connectivity index (χ3n) is 3.87. The third-order valence-corrected chi connectivity index (χ3v) is 3.87. The summed E-state index contributed by atoms with van der Waals surface area (Å²) in [6.45, 7) is 4.92. The Kier molecular flexibility index (Phi) is 4.10. The standard InChI is InChI=1S/C15H22N2O2/c1-3-19-13-9-11(2)5-6-12(13)17-14(18)15(10-16)7-4-8-15/h5-6,9H,3-4,7-8,10,16H2,1-2H3,(H,17,18). The second-order valence-corrected chi connectivity index (χ2v) is 5.22. The van der Waals surface area contributed by atoms with E-state index >= 15 is 0 Å². The van der Waals surface area contributed by atoms with Crippen LogP contribution in [0.5, 0.6) is 5.75 Å². The van der Waals surface area contributed by atoms with Crippen LogP contribution >= 0.6 is 0 Å². The molecule has 0 bridgehead atoms. The molecule has 0 aliphatic heterocycles. The average Bonchev–Trinajstić information content (AvgIpc) is 2.32. The number of carbonyl (C=O) groups excluding carboxylic acids is 1. The molecule has 0 radical (unpaired) electrons. The summed E-state index contributed by atoms with van der Waals surface area (Å²) in [5.41, 5.74) is 7.23. The van der Waals surface area contributed by atoms with Gasteiger partial charge in [0.1, 0.15) is 5.75 Å². The zero-order chi connectivity index (χ0) is 13.9. The Balaban J connectivity index is 2.16. The molecule has 1 aliphatic rings. The molecule has 1 amide bonds. The van der Waals surface area contributed by atoms with Gasteiger partial charge < -0.3 is 15.8 Å². The number of rotatable bonds is 5. The molecule has 0 aromatic heterocycles. The van der Waals surface area contributed by atoms with Crippen molar-refractivity contribution >= 4 is 11.6 Å². The molecule has 2 rings (SSSR count). The van der Waals surface area contributed by atoms with Crippen molar-refractivity contribution < 1.29 is 9.53 Å². The maximum Gasteiger partial charge on any atom is 0.231 e. The van der Waals surface area contributed by atoms with Gasteiger partial charge in [0.25, 0.3) is 0 Å². The van der Waals surface area contributed by atoms with E-state index < -0.39 is 0 Å². The second kappa shape index (κ2) is 5.61. The molecular weight excluding hydrogens is 240 g/mol. The third kappa shape index (κ3) is 2.73. The molecular formula is C15H22N2O2. The van der Waals surface area contributed by atoms with Crippen LogP contribution in [0.3, 0.4) is 0 Å². The molecule has 1 aromatic rings. The molecule has 0 saturated heterocycles. The number of hydrogen-bond donors (Lipinski definition) is 2. The van der Waals surface area contributed by atoms with Gasteiger partial charge in [0.05, 0.1) is 17.7 Å². The number of hydrogen-bond acceptors (Lipinski definition) is 3. The van der Waals surface area contributed by atoms with E-state index in [2.05, 4.69) is 5.32 Å². The maximum atomic E-state index is 12.3. The van der Waals surface area contributed by atoms with Gasteiger partial charge in [-0.05, 0) is 44.4 Å². The minimum absolute atomic E-state index is 0.0195. The van der Waals surface area contributed by atoms with Crippen molar-refractivity contribution in [3.05, 3.63) is 23.8 Å². The van der Waals surface area contributed by atoms with Crippen molar-refractivity contribution in [2.24, 2.45) is 11.1 Å². The monoisotopic (exact) mass is 262 g/mol. The molecule has 0 heterocycles. The van der Waals surface area contributed by atoms with Gasteiger partial charge in [-0.25, -0.2) is 0 Å². The first-order chi connectivity index (χ1) is 9.11. The summed E-state index contributed by atoms with van der Waals surface area (Å²) < 4.78 is 5.57. The van der Waals surface area contributed by atoms with E-state index in [1.54, 1.807) is 0 Å². The zero-order valence-corrected chi connectivity index (χ0v) is 11.7. The maximum absolute atomic E-state index is 12.3. The van der Waals surface area contributed by atoms with Gasteiger partial charge in [-0.1, -0.05) is 12.5 Å². The number of aryl methyl sites for hydroxylation is 1. The molecule has 3 N–H and O–H groups in total. The molecule has 104 valence electrons. The van der Waals surface area contributed by atoms with E-state index in [0.29, 0.717) is 13.2 Å². The summed E-state index contributed by atoms with van der Waals surface area (Å²) in [4.78, 5) is 12.3. The first kappa shape index (κ1) is 13.9. The van der Waals surface area contributed by atoms with Crippen LogP contribution in [0, 0.1) is 12.3 Å². The highest BCUT2D eigenvalue weighted by atomic mass is 16.5. The molecule has 4 nitrogen and oxygen atoms in total. The average molecular weight is 262 g/mol. The van der Waals surface area contributed by atoms with Gasteiger partial charge in [-0.2, -0.15) is 0 Å². The lowest BCUT2D eigenvalue weighted by molar-refractivity contribution is -0.129. The highest BCUT2D eigenvalue weighted by Gasteiger charge is 2.42. The topological polar surface area (TPSA) is 64.3 Å². The fourth-order valence-electron chi connectivity index (χ4n) is 2.39. The summed E-state index contributed by atoms with van der Waals surface area (Å²) in [5, 5.41) is 2.97. The smallest absolute Gasteiger partial charge is 0.231 e. The molecule has 1 fully saturated rings. The van der Waals surface area contributed by atoms with Crippen molar-refractivity contribution in [3.63, 3.8) is 0 Å². The van der Waals surface area contributed by atoms with Crippen LogP contribution in [0.15, 0.2) is 18.2 Å². The van der Waals surface area contributed by atoms with Crippen molar-refractivity contribution in [1.29, 1.82) is 0 Å². The Bertz CT molecular complexity index is 462. The second-order valence-electron chi connectivity index (χ2n) is 5.22. The highest BCUT2D eigenvalue weighted by molar-refractivity contribution is 5.97. The SMILES string of the molecule is CCOc1cc(C)ccc1NC(=O)C1(CN)CCC1. The van der Waals surface area contributed by atoms with Gasteiger partial charge >= 0.3 is 0 Å². The number of benzene rings is 1. The number of anilines is 1. The number of nitrogens with two attached hydrogens (primary N) is 1. The van der Waals surface area contributed by atoms with Gasteiger partial charge in [-0.15, -0.1) is 0 Å². The molecule has 1 aromatic carbocycles. The lowest BCUT2D eigenvalue weighted by atomic mass is 9.68. The van der Waals surface area contributed by atoms with Crippen molar-refractivity contribution in [2.45, 2.75) is 33.1 Å². The van der Waals surface area contributed by atoms with Gasteiger partial charge in [0.15, 0.2) is 0 Å². The van der Waals surface area contributed by atoms with Gasteiger partial charge in [0.2, 0.25) is 5.91 Å². The van der Waals surface area contributed by atoms with Crippen LogP contribution in [-0.2, 0) is 4.79 Å². The number of carbonyl (C=O) groups is 1. The Morgan fingerprint density at radius 2 is 2.21 bits per heavy atom. The summed E-state index contributed by atoms with van der Waals surface area (Å²) in [6.07, 6.45) is 2.84. The lowest BCUT2D eigenvalue weighted by Gasteiger charge is -2.39. The minimum atomic E-state index is -0.367. The summed E-state index contributed by atoms with van der Waals surface area (Å²) in [5.74, 6) is 0.744. The normalized spacial score (nSPS) is 16.6. The summed E-state index contributed by atoms with van der Waals surface area (Å²) in [6, 6.07) is 5.80. The predicted octanol–water partition coefficient (Wildman–Crippen LogP) is 2.46. The fourth-order valence-corrected chi connectivity index (χ4v) is 2.39. The molecule has 0 spiro atoms. The molecule has 1 saturated carbocycles. The predicted molar refractivity (Wildman–Crippen MR) is 76.3 cm³/mol. The first-order valence-electron chi connectivity index (χ1n) is 6.86. The zero-order valence-electron chi connectivity index (χ0n) is 11.7. The molecule has 19 heavy (non-hydrogen) atoms. The van der Waals surface area contributed by atoms with Gasteiger partial charge in [0, 0.05) is 6.54 Å². The minimum Gasteiger partial charge on any atom is -0.492 e. The van der Waals surface area contributed by atoms with Crippen molar-refractivity contribution in [3.8, 4) is 5.75 Å². The van der Waals surface area contributed by atoms with Crippen LogP contribution < -0.4 is 15.8 Å². The molecule has 4 heteroatoms.